The van der Waals surface area contributed by atoms with Crippen LogP contribution in [-0.2, 0) is 9.53 Å². The van der Waals surface area contributed by atoms with Crippen molar-refractivity contribution in [1.29, 1.82) is 0 Å². The van der Waals surface area contributed by atoms with Gasteiger partial charge in [-0.05, 0) is 31.2 Å². The molecule has 1 unspecified atom stereocenters. The third-order valence-electron chi connectivity index (χ3n) is 3.67. The van der Waals surface area contributed by atoms with E-state index in [-0.39, 0.29) is 23.7 Å². The Morgan fingerprint density at radius 3 is 2.60 bits per heavy atom. The zero-order valence-electron chi connectivity index (χ0n) is 8.70. The summed E-state index contributed by atoms with van der Waals surface area (Å²) in [6.07, 6.45) is 2.80. The summed E-state index contributed by atoms with van der Waals surface area (Å²) < 4.78 is 5.31. The molecule has 0 aromatic rings. The molecule has 88 valence electrons. The molecule has 0 saturated carbocycles. The molecule has 0 radical (unpaired) electrons. The lowest BCUT2D eigenvalue weighted by Crippen LogP contribution is -2.51. The van der Waals surface area contributed by atoms with Crippen LogP contribution in [0.4, 0.5) is 0 Å². The van der Waals surface area contributed by atoms with E-state index in [1.165, 1.54) is 0 Å². The first-order valence-electron chi connectivity index (χ1n) is 5.26. The highest BCUT2D eigenvalue weighted by Crippen LogP contribution is 2.42. The van der Waals surface area contributed by atoms with Gasteiger partial charge in [-0.2, -0.15) is 0 Å². The van der Waals surface area contributed by atoms with Crippen molar-refractivity contribution in [1.82, 2.24) is 5.32 Å². The largest absolute Gasteiger partial charge is 0.481 e. The third kappa shape index (κ3) is 2.44. The predicted molar refractivity (Wildman–Crippen MR) is 58.3 cm³/mol. The Morgan fingerprint density at radius 2 is 2.00 bits per heavy atom. The van der Waals surface area contributed by atoms with Crippen LogP contribution in [0.5, 0.6) is 0 Å². The topological polar surface area (TPSA) is 58.6 Å². The van der Waals surface area contributed by atoms with Gasteiger partial charge in [-0.1, -0.05) is 0 Å². The first kappa shape index (κ1) is 12.7. The predicted octanol–water partition coefficient (Wildman–Crippen LogP) is 0.899. The molecule has 15 heavy (non-hydrogen) atoms. The zero-order chi connectivity index (χ0) is 10.0. The molecule has 0 amide bonds. The van der Waals surface area contributed by atoms with Crippen LogP contribution in [0.15, 0.2) is 0 Å². The molecular formula is C10H18ClNO3. The van der Waals surface area contributed by atoms with Gasteiger partial charge in [0.05, 0.1) is 5.92 Å². The number of aliphatic carboxylic acids is 1. The van der Waals surface area contributed by atoms with E-state index in [4.69, 9.17) is 4.74 Å². The fourth-order valence-corrected chi connectivity index (χ4v) is 2.70. The van der Waals surface area contributed by atoms with Crippen LogP contribution in [0.2, 0.25) is 0 Å². The number of hydrogen-bond donors (Lipinski definition) is 2. The monoisotopic (exact) mass is 235 g/mol. The van der Waals surface area contributed by atoms with Crippen molar-refractivity contribution in [3.63, 3.8) is 0 Å². The third-order valence-corrected chi connectivity index (χ3v) is 3.67. The molecule has 0 aliphatic carbocycles. The van der Waals surface area contributed by atoms with Crippen molar-refractivity contribution in [3.8, 4) is 0 Å². The van der Waals surface area contributed by atoms with Crippen molar-refractivity contribution in [3.05, 3.63) is 0 Å². The van der Waals surface area contributed by atoms with Gasteiger partial charge >= 0.3 is 5.97 Å². The molecule has 1 spiro atoms. The van der Waals surface area contributed by atoms with Gasteiger partial charge in [0, 0.05) is 19.8 Å². The Bertz CT molecular complexity index is 220. The maximum Gasteiger partial charge on any atom is 0.308 e. The Morgan fingerprint density at radius 1 is 1.33 bits per heavy atom. The second-order valence-corrected chi connectivity index (χ2v) is 4.32. The minimum absolute atomic E-state index is 0. The van der Waals surface area contributed by atoms with E-state index in [0.717, 1.165) is 39.0 Å². The molecule has 2 fully saturated rings. The Kier molecular flexibility index (Phi) is 4.37. The summed E-state index contributed by atoms with van der Waals surface area (Å²) in [5.41, 5.74) is 0.00926. The number of carboxylic acids is 1. The Balaban J connectivity index is 0.00000112. The molecule has 4 nitrogen and oxygen atoms in total. The van der Waals surface area contributed by atoms with Crippen LogP contribution < -0.4 is 5.32 Å². The summed E-state index contributed by atoms with van der Waals surface area (Å²) in [5, 5.41) is 12.3. The smallest absolute Gasteiger partial charge is 0.308 e. The number of carboxylic acid groups (broad SMARTS) is 1. The number of halogens is 1. The van der Waals surface area contributed by atoms with E-state index in [1.54, 1.807) is 0 Å². The molecule has 0 bridgehead atoms. The second kappa shape index (κ2) is 5.14. The van der Waals surface area contributed by atoms with E-state index in [1.807, 2.05) is 0 Å². The zero-order valence-corrected chi connectivity index (χ0v) is 9.52. The van der Waals surface area contributed by atoms with Crippen molar-refractivity contribution < 1.29 is 14.6 Å². The van der Waals surface area contributed by atoms with Crippen molar-refractivity contribution in [2.45, 2.75) is 19.3 Å². The average molecular weight is 236 g/mol. The minimum atomic E-state index is -0.654. The van der Waals surface area contributed by atoms with Gasteiger partial charge in [-0.15, -0.1) is 12.4 Å². The lowest BCUT2D eigenvalue weighted by molar-refractivity contribution is -0.151. The summed E-state index contributed by atoms with van der Waals surface area (Å²) in [6, 6.07) is 0. The lowest BCUT2D eigenvalue weighted by atomic mass is 9.66. The van der Waals surface area contributed by atoms with Crippen LogP contribution in [0, 0.1) is 11.3 Å². The van der Waals surface area contributed by atoms with E-state index in [0.29, 0.717) is 6.54 Å². The van der Waals surface area contributed by atoms with E-state index < -0.39 is 5.97 Å². The number of rotatable bonds is 1. The van der Waals surface area contributed by atoms with Gasteiger partial charge in [0.15, 0.2) is 0 Å². The van der Waals surface area contributed by atoms with E-state index >= 15 is 0 Å². The van der Waals surface area contributed by atoms with Crippen LogP contribution in [-0.4, -0.2) is 37.4 Å². The number of carbonyl (C=O) groups is 1. The summed E-state index contributed by atoms with van der Waals surface area (Å²) in [7, 11) is 0. The summed E-state index contributed by atoms with van der Waals surface area (Å²) >= 11 is 0. The molecule has 2 saturated heterocycles. The van der Waals surface area contributed by atoms with E-state index in [9.17, 15) is 9.90 Å². The molecule has 5 heteroatoms. The molecule has 0 aromatic carbocycles. The molecule has 0 aromatic heterocycles. The van der Waals surface area contributed by atoms with E-state index in [2.05, 4.69) is 5.32 Å². The highest BCUT2D eigenvalue weighted by atomic mass is 35.5. The van der Waals surface area contributed by atoms with Gasteiger partial charge < -0.3 is 15.2 Å². The highest BCUT2D eigenvalue weighted by Gasteiger charge is 2.45. The summed E-state index contributed by atoms with van der Waals surface area (Å²) in [4.78, 5) is 11.1. The first-order valence-corrected chi connectivity index (χ1v) is 5.26. The number of piperidine rings is 1. The van der Waals surface area contributed by atoms with Gasteiger partial charge in [-0.3, -0.25) is 4.79 Å². The highest BCUT2D eigenvalue weighted by molar-refractivity contribution is 5.85. The van der Waals surface area contributed by atoms with Gasteiger partial charge in [0.25, 0.3) is 0 Å². The number of ether oxygens (including phenoxy) is 1. The van der Waals surface area contributed by atoms with Gasteiger partial charge in [0.2, 0.25) is 0 Å². The quantitative estimate of drug-likeness (QED) is 0.709. The number of hydrogen-bond acceptors (Lipinski definition) is 3. The normalized spacial score (nSPS) is 29.5. The van der Waals surface area contributed by atoms with Crippen molar-refractivity contribution in [2.75, 3.05) is 26.3 Å². The maximum absolute atomic E-state index is 11.1. The standard InChI is InChI=1S/C10H17NO3.ClH/c12-9(13)8-7-11-4-1-10(8)2-5-14-6-3-10;/h8,11H,1-7H2,(H,12,13);1H. The summed E-state index contributed by atoms with van der Waals surface area (Å²) in [5.74, 6) is -0.876. The lowest BCUT2D eigenvalue weighted by Gasteiger charge is -2.44. The number of nitrogens with one attached hydrogen (secondary N) is 1. The van der Waals surface area contributed by atoms with Gasteiger partial charge in [0.1, 0.15) is 0 Å². The van der Waals surface area contributed by atoms with Crippen molar-refractivity contribution >= 4 is 18.4 Å². The van der Waals surface area contributed by atoms with Crippen LogP contribution in [0.1, 0.15) is 19.3 Å². The molecule has 2 heterocycles. The molecule has 1 atom stereocenters. The fraction of sp³-hybridized carbons (Fsp3) is 0.900. The van der Waals surface area contributed by atoms with Crippen LogP contribution in [0.3, 0.4) is 0 Å². The van der Waals surface area contributed by atoms with Crippen LogP contribution in [0.25, 0.3) is 0 Å². The minimum Gasteiger partial charge on any atom is -0.481 e. The summed E-state index contributed by atoms with van der Waals surface area (Å²) in [6.45, 7) is 3.02. The van der Waals surface area contributed by atoms with Gasteiger partial charge in [-0.25, -0.2) is 0 Å². The van der Waals surface area contributed by atoms with Crippen LogP contribution >= 0.6 is 12.4 Å². The Hall–Kier alpha value is -0.320. The fourth-order valence-electron chi connectivity index (χ4n) is 2.70. The average Bonchev–Trinajstić information content (AvgIpc) is 2.19. The molecular weight excluding hydrogens is 218 g/mol. The first-order chi connectivity index (χ1) is 6.75. The van der Waals surface area contributed by atoms with Crippen molar-refractivity contribution in [2.24, 2.45) is 11.3 Å². The Labute approximate surface area is 95.8 Å². The molecule has 2 aliphatic heterocycles. The second-order valence-electron chi connectivity index (χ2n) is 4.32. The molecule has 2 rings (SSSR count). The molecule has 2 N–H and O–H groups in total. The SMILES string of the molecule is Cl.O=C(O)C1CNCCC12CCOCC2. The molecule has 2 aliphatic rings. The maximum atomic E-state index is 11.1.